The smallest absolute Gasteiger partial charge is 1.00 e. The number of halogens is 2. The quantitative estimate of drug-likeness (QED) is 0.429. The van der Waals surface area contributed by atoms with Gasteiger partial charge in [-0.2, -0.15) is 0 Å². The minimum atomic E-state index is 0. The van der Waals surface area contributed by atoms with E-state index in [0.29, 0.717) is 11.8 Å². The summed E-state index contributed by atoms with van der Waals surface area (Å²) in [7, 11) is 0. The maximum Gasteiger partial charge on any atom is 2.00 e. The fourth-order valence-corrected chi connectivity index (χ4v) is 6.52. The van der Waals surface area contributed by atoms with Crippen molar-refractivity contribution in [1.29, 1.82) is 0 Å². The van der Waals surface area contributed by atoms with E-state index < -0.39 is 0 Å². The van der Waals surface area contributed by atoms with Crippen molar-refractivity contribution in [2.45, 2.75) is 53.9 Å². The molecule has 1 fully saturated rings. The average Bonchev–Trinajstić information content (AvgIpc) is 3.26. The molecule has 0 aliphatic heterocycles. The number of hydrogen-bond donors (Lipinski definition) is 0. The molecule has 162 valence electrons. The van der Waals surface area contributed by atoms with Gasteiger partial charge < -0.3 is 24.8 Å². The van der Waals surface area contributed by atoms with Crippen molar-refractivity contribution in [1.82, 2.24) is 0 Å². The first-order valence-electron chi connectivity index (χ1n) is 10.8. The Morgan fingerprint density at radius 1 is 0.806 bits per heavy atom. The maximum atomic E-state index is 2.62. The summed E-state index contributed by atoms with van der Waals surface area (Å²) in [5, 5.41) is 0. The third kappa shape index (κ3) is 3.87. The third-order valence-corrected chi connectivity index (χ3v) is 7.67. The van der Waals surface area contributed by atoms with Gasteiger partial charge in [-0.1, -0.05) is 108 Å². The van der Waals surface area contributed by atoms with Crippen LogP contribution in [0.1, 0.15) is 65.0 Å². The molecule has 0 N–H and O–H groups in total. The van der Waals surface area contributed by atoms with Crippen molar-refractivity contribution in [3.8, 4) is 11.1 Å². The van der Waals surface area contributed by atoms with Crippen LogP contribution in [0.2, 0.25) is 0 Å². The van der Waals surface area contributed by atoms with Gasteiger partial charge in [-0.15, -0.1) is 0 Å². The van der Waals surface area contributed by atoms with E-state index in [1.54, 1.807) is 5.57 Å². The molecule has 2 atom stereocenters. The van der Waals surface area contributed by atoms with Crippen LogP contribution < -0.4 is 24.8 Å². The van der Waals surface area contributed by atoms with Crippen LogP contribution in [0.25, 0.3) is 11.1 Å². The number of benzene rings is 2. The van der Waals surface area contributed by atoms with Gasteiger partial charge in [0.1, 0.15) is 0 Å². The predicted octanol–water partition coefficient (Wildman–Crippen LogP) is 1.77. The summed E-state index contributed by atoms with van der Waals surface area (Å²) in [6.07, 6.45) is 6.40. The minimum Gasteiger partial charge on any atom is -1.00 e. The second-order valence-electron chi connectivity index (χ2n) is 11.1. The van der Waals surface area contributed by atoms with Gasteiger partial charge in [-0.25, -0.2) is 0 Å². The van der Waals surface area contributed by atoms with Crippen LogP contribution in [0.15, 0.2) is 71.8 Å². The molecule has 31 heavy (non-hydrogen) atoms. The Balaban J connectivity index is 0.00000114. The molecule has 0 saturated heterocycles. The van der Waals surface area contributed by atoms with Gasteiger partial charge in [0.25, 0.3) is 0 Å². The maximum absolute atomic E-state index is 2.62. The molecule has 0 nitrogen and oxygen atoms in total. The number of rotatable bonds is 1. The molecule has 3 aliphatic carbocycles. The van der Waals surface area contributed by atoms with E-state index in [0.717, 1.165) is 0 Å². The molecular formula is C28H32Cl2Hf. The van der Waals surface area contributed by atoms with E-state index in [-0.39, 0.29) is 66.9 Å². The zero-order chi connectivity index (χ0) is 19.9. The van der Waals surface area contributed by atoms with Gasteiger partial charge >= 0.3 is 25.8 Å². The summed E-state index contributed by atoms with van der Waals surface area (Å²) in [5.74, 6) is 0.992. The normalized spacial score (nSPS) is 25.2. The molecule has 0 amide bonds. The van der Waals surface area contributed by atoms with Crippen molar-refractivity contribution >= 4 is 0 Å². The second-order valence-corrected chi connectivity index (χ2v) is 11.1. The van der Waals surface area contributed by atoms with Crippen LogP contribution in [0.4, 0.5) is 0 Å². The fourth-order valence-electron chi connectivity index (χ4n) is 6.52. The first kappa shape index (κ1) is 26.6. The van der Waals surface area contributed by atoms with E-state index in [9.17, 15) is 0 Å². The summed E-state index contributed by atoms with van der Waals surface area (Å²) < 4.78 is 0. The molecule has 2 aromatic carbocycles. The fraction of sp³-hybridized carbons (Fsp3) is 0.429. The SMILES string of the molecule is CC(C)(C)C1=CC2C(=C1)C(C)(C)CC2(C)C1c2ccccc2-c2ccccc21.[Cl-].[Cl-].[Hf+2]. The van der Waals surface area contributed by atoms with Gasteiger partial charge in [0.2, 0.25) is 0 Å². The molecule has 2 aromatic rings. The molecule has 3 aliphatic rings. The van der Waals surface area contributed by atoms with Crippen LogP contribution in [0, 0.1) is 22.2 Å². The summed E-state index contributed by atoms with van der Waals surface area (Å²) in [6.45, 7) is 14.5. The molecule has 0 spiro atoms. The van der Waals surface area contributed by atoms with Crippen molar-refractivity contribution in [2.24, 2.45) is 22.2 Å². The first-order chi connectivity index (χ1) is 13.1. The van der Waals surface area contributed by atoms with E-state index in [1.807, 2.05) is 0 Å². The van der Waals surface area contributed by atoms with E-state index in [2.05, 4.69) is 102 Å². The molecule has 2 unspecified atom stereocenters. The Kier molecular flexibility index (Phi) is 7.40. The largest absolute Gasteiger partial charge is 2.00 e. The van der Waals surface area contributed by atoms with Gasteiger partial charge in [-0.05, 0) is 50.5 Å². The number of allylic oxidation sites excluding steroid dienone is 4. The number of fused-ring (bicyclic) bond motifs is 4. The molecule has 0 bridgehead atoms. The molecular weight excluding hydrogens is 586 g/mol. The third-order valence-electron chi connectivity index (χ3n) is 7.67. The van der Waals surface area contributed by atoms with Crippen molar-refractivity contribution in [3.63, 3.8) is 0 Å². The molecule has 0 radical (unpaired) electrons. The topological polar surface area (TPSA) is 0 Å². The van der Waals surface area contributed by atoms with Crippen molar-refractivity contribution in [2.75, 3.05) is 0 Å². The van der Waals surface area contributed by atoms with Crippen molar-refractivity contribution in [3.05, 3.63) is 83.0 Å². The first-order valence-corrected chi connectivity index (χ1v) is 10.8. The molecule has 1 saturated carbocycles. The average molecular weight is 618 g/mol. The van der Waals surface area contributed by atoms with E-state index >= 15 is 0 Å². The van der Waals surface area contributed by atoms with Gasteiger partial charge in [0.05, 0.1) is 0 Å². The zero-order valence-corrected chi connectivity index (χ0v) is 24.5. The second kappa shape index (κ2) is 8.62. The minimum absolute atomic E-state index is 0. The Morgan fingerprint density at radius 2 is 1.29 bits per heavy atom. The molecule has 3 heteroatoms. The standard InChI is InChI=1S/C28H32.2ClH.Hf/c1-26(2,3)18-15-23-24(16-18)28(6,17-27(23,4)5)25-21-13-9-7-11-19(21)20-12-8-10-14-22(20)25;;;/h7-16,24-25H,17H2,1-6H3;2*1H;/q;;;+2/p-2. The van der Waals surface area contributed by atoms with Gasteiger partial charge in [0.15, 0.2) is 0 Å². The summed E-state index contributed by atoms with van der Waals surface area (Å²) in [6, 6.07) is 18.2. The Hall–Kier alpha value is -0.630. The summed E-state index contributed by atoms with van der Waals surface area (Å²) in [5.41, 5.74) is 9.77. The molecule has 0 heterocycles. The van der Waals surface area contributed by atoms with Gasteiger partial charge in [-0.3, -0.25) is 0 Å². The summed E-state index contributed by atoms with van der Waals surface area (Å²) in [4.78, 5) is 0. The van der Waals surface area contributed by atoms with Crippen LogP contribution >= 0.6 is 0 Å². The van der Waals surface area contributed by atoms with E-state index in [4.69, 9.17) is 0 Å². The monoisotopic (exact) mass is 618 g/mol. The van der Waals surface area contributed by atoms with E-state index in [1.165, 1.54) is 34.2 Å². The molecule has 5 rings (SSSR count). The number of hydrogen-bond acceptors (Lipinski definition) is 0. The Morgan fingerprint density at radius 3 is 1.77 bits per heavy atom. The summed E-state index contributed by atoms with van der Waals surface area (Å²) >= 11 is 0. The predicted molar refractivity (Wildman–Crippen MR) is 119 cm³/mol. The van der Waals surface area contributed by atoms with Gasteiger partial charge in [0, 0.05) is 11.8 Å². The molecule has 0 aromatic heterocycles. The Labute approximate surface area is 219 Å². The van der Waals surface area contributed by atoms with Crippen LogP contribution in [-0.2, 0) is 25.8 Å². The van der Waals surface area contributed by atoms with Crippen LogP contribution in [0.3, 0.4) is 0 Å². The van der Waals surface area contributed by atoms with Crippen molar-refractivity contribution < 1.29 is 50.7 Å². The van der Waals surface area contributed by atoms with Crippen LogP contribution in [0.5, 0.6) is 0 Å². The van der Waals surface area contributed by atoms with Crippen LogP contribution in [-0.4, -0.2) is 0 Å². The zero-order valence-electron chi connectivity index (χ0n) is 19.4. The Bertz CT molecular complexity index is 995.